The number of para-hydroxylation sites is 1. The second-order valence-electron chi connectivity index (χ2n) is 6.13. The summed E-state index contributed by atoms with van der Waals surface area (Å²) in [5.41, 5.74) is 4.13. The molecule has 1 aromatic carbocycles. The van der Waals surface area contributed by atoms with Crippen molar-refractivity contribution >= 4 is 27.0 Å². The number of anilines is 1. The van der Waals surface area contributed by atoms with E-state index in [4.69, 9.17) is 4.52 Å². The zero-order valence-corrected chi connectivity index (χ0v) is 16.4. The number of nitrogens with zero attached hydrogens (tertiary/aromatic N) is 1. The van der Waals surface area contributed by atoms with Gasteiger partial charge in [0.1, 0.15) is 4.90 Å². The standard InChI is InChI=1S/C18H20N2O3S2/c1-10-7-6-8-11(2)17(10)20-25(21,22)16-9-15(24-14(16)5)18-12(3)13(4)19-23-18/h6-9,20H,1-5H3. The summed E-state index contributed by atoms with van der Waals surface area (Å²) in [7, 11) is -3.68. The third kappa shape index (κ3) is 3.21. The van der Waals surface area contributed by atoms with Gasteiger partial charge in [0, 0.05) is 10.4 Å². The fourth-order valence-electron chi connectivity index (χ4n) is 2.65. The van der Waals surface area contributed by atoms with Crippen molar-refractivity contribution in [1.29, 1.82) is 0 Å². The lowest BCUT2D eigenvalue weighted by atomic mass is 10.1. The van der Waals surface area contributed by atoms with Crippen molar-refractivity contribution in [2.75, 3.05) is 4.72 Å². The Morgan fingerprint density at radius 3 is 2.28 bits per heavy atom. The van der Waals surface area contributed by atoms with Gasteiger partial charge in [-0.1, -0.05) is 23.4 Å². The van der Waals surface area contributed by atoms with E-state index >= 15 is 0 Å². The van der Waals surface area contributed by atoms with Crippen LogP contribution in [0.3, 0.4) is 0 Å². The van der Waals surface area contributed by atoms with Gasteiger partial charge in [0.25, 0.3) is 10.0 Å². The molecule has 3 rings (SSSR count). The zero-order valence-electron chi connectivity index (χ0n) is 14.8. The molecule has 0 unspecified atom stereocenters. The third-order valence-corrected chi connectivity index (χ3v) is 6.91. The topological polar surface area (TPSA) is 72.2 Å². The first-order chi connectivity index (χ1) is 11.7. The Morgan fingerprint density at radius 2 is 1.72 bits per heavy atom. The lowest BCUT2D eigenvalue weighted by Crippen LogP contribution is -2.14. The normalized spacial score (nSPS) is 11.7. The van der Waals surface area contributed by atoms with E-state index in [0.29, 0.717) is 16.3 Å². The molecule has 0 aliphatic heterocycles. The van der Waals surface area contributed by atoms with E-state index in [1.165, 1.54) is 11.3 Å². The Morgan fingerprint density at radius 1 is 1.08 bits per heavy atom. The average molecular weight is 377 g/mol. The third-order valence-electron chi connectivity index (χ3n) is 4.26. The Labute approximate surface area is 151 Å². The van der Waals surface area contributed by atoms with E-state index in [1.807, 2.05) is 45.9 Å². The van der Waals surface area contributed by atoms with Crippen LogP contribution in [0, 0.1) is 34.6 Å². The molecule has 1 N–H and O–H groups in total. The van der Waals surface area contributed by atoms with E-state index in [-0.39, 0.29) is 4.90 Å². The Kier molecular flexibility index (Phi) is 4.47. The van der Waals surface area contributed by atoms with E-state index in [9.17, 15) is 8.42 Å². The first-order valence-corrected chi connectivity index (χ1v) is 10.1. The monoisotopic (exact) mass is 376 g/mol. The summed E-state index contributed by atoms with van der Waals surface area (Å²) in [6.45, 7) is 9.35. The van der Waals surface area contributed by atoms with Gasteiger partial charge in [0.2, 0.25) is 0 Å². The molecule has 7 heteroatoms. The molecule has 0 atom stereocenters. The van der Waals surface area contributed by atoms with Crippen LogP contribution >= 0.6 is 11.3 Å². The minimum absolute atomic E-state index is 0.267. The number of hydrogen-bond donors (Lipinski definition) is 1. The number of sulfonamides is 1. The zero-order chi connectivity index (χ0) is 18.4. The predicted octanol–water partition coefficient (Wildman–Crippen LogP) is 4.75. The Balaban J connectivity index is 2.03. The van der Waals surface area contributed by atoms with Gasteiger partial charge in [-0.3, -0.25) is 4.72 Å². The summed E-state index contributed by atoms with van der Waals surface area (Å²) in [5, 5.41) is 3.95. The van der Waals surface area contributed by atoms with Crippen LogP contribution in [0.15, 0.2) is 33.7 Å². The minimum atomic E-state index is -3.68. The number of nitrogens with one attached hydrogen (secondary N) is 1. The molecule has 25 heavy (non-hydrogen) atoms. The number of aromatic nitrogens is 1. The molecule has 132 valence electrons. The molecule has 5 nitrogen and oxygen atoms in total. The van der Waals surface area contributed by atoms with Crippen LogP contribution < -0.4 is 4.72 Å². The molecule has 2 aromatic heterocycles. The van der Waals surface area contributed by atoms with Gasteiger partial charge in [-0.25, -0.2) is 8.42 Å². The van der Waals surface area contributed by atoms with Crippen LogP contribution in [0.25, 0.3) is 10.6 Å². The van der Waals surface area contributed by atoms with Gasteiger partial charge in [-0.15, -0.1) is 11.3 Å². The number of aryl methyl sites for hydroxylation is 4. The summed E-state index contributed by atoms with van der Waals surface area (Å²) in [6, 6.07) is 7.34. The molecule has 0 saturated carbocycles. The highest BCUT2D eigenvalue weighted by Crippen LogP contribution is 2.37. The van der Waals surface area contributed by atoms with Gasteiger partial charge < -0.3 is 4.52 Å². The second-order valence-corrected chi connectivity index (χ2v) is 9.03. The van der Waals surface area contributed by atoms with Crippen molar-refractivity contribution in [2.45, 2.75) is 39.5 Å². The SMILES string of the molecule is Cc1cccc(C)c1NS(=O)(=O)c1cc(-c2onc(C)c2C)sc1C. The minimum Gasteiger partial charge on any atom is -0.355 e. The van der Waals surface area contributed by atoms with E-state index in [1.54, 1.807) is 13.0 Å². The molecule has 0 bridgehead atoms. The quantitative estimate of drug-likeness (QED) is 0.713. The smallest absolute Gasteiger partial charge is 0.263 e. The molecule has 0 aliphatic rings. The highest BCUT2D eigenvalue weighted by Gasteiger charge is 2.24. The maximum absolute atomic E-state index is 12.9. The predicted molar refractivity (Wildman–Crippen MR) is 101 cm³/mol. The van der Waals surface area contributed by atoms with Crippen molar-refractivity contribution in [1.82, 2.24) is 5.16 Å². The fraction of sp³-hybridized carbons (Fsp3) is 0.278. The molecular weight excluding hydrogens is 356 g/mol. The van der Waals surface area contributed by atoms with E-state index in [0.717, 1.165) is 27.3 Å². The summed E-state index contributed by atoms with van der Waals surface area (Å²) in [6.07, 6.45) is 0. The number of thiophene rings is 1. The summed E-state index contributed by atoms with van der Waals surface area (Å²) in [5.74, 6) is 0.624. The number of benzene rings is 1. The summed E-state index contributed by atoms with van der Waals surface area (Å²) < 4.78 is 33.9. The number of rotatable bonds is 4. The van der Waals surface area contributed by atoms with Crippen LogP contribution in [0.2, 0.25) is 0 Å². The summed E-state index contributed by atoms with van der Waals surface area (Å²) in [4.78, 5) is 1.74. The largest absolute Gasteiger partial charge is 0.355 e. The van der Waals surface area contributed by atoms with Crippen LogP contribution in [0.1, 0.15) is 27.3 Å². The molecule has 0 fully saturated rings. The number of hydrogen-bond acceptors (Lipinski definition) is 5. The Bertz CT molecular complexity index is 1030. The van der Waals surface area contributed by atoms with Crippen molar-refractivity contribution in [3.8, 4) is 10.6 Å². The lowest BCUT2D eigenvalue weighted by molar-refractivity contribution is 0.427. The van der Waals surface area contributed by atoms with Crippen molar-refractivity contribution < 1.29 is 12.9 Å². The average Bonchev–Trinajstić information content (AvgIpc) is 3.07. The summed E-state index contributed by atoms with van der Waals surface area (Å²) >= 11 is 1.39. The van der Waals surface area contributed by atoms with Crippen molar-refractivity contribution in [3.05, 3.63) is 51.5 Å². The first-order valence-electron chi connectivity index (χ1n) is 7.83. The second kappa shape index (κ2) is 6.31. The fourth-order valence-corrected chi connectivity index (χ4v) is 5.48. The van der Waals surface area contributed by atoms with Crippen LogP contribution in [0.4, 0.5) is 5.69 Å². The molecule has 0 saturated heterocycles. The maximum Gasteiger partial charge on any atom is 0.263 e. The molecule has 0 radical (unpaired) electrons. The Hall–Kier alpha value is -2.12. The molecular formula is C18H20N2O3S2. The molecule has 0 spiro atoms. The molecule has 0 amide bonds. The highest BCUT2D eigenvalue weighted by molar-refractivity contribution is 7.93. The van der Waals surface area contributed by atoms with E-state index < -0.39 is 10.0 Å². The maximum atomic E-state index is 12.9. The van der Waals surface area contributed by atoms with Gasteiger partial charge in [-0.05, 0) is 51.8 Å². The molecule has 3 aromatic rings. The molecule has 2 heterocycles. The van der Waals surface area contributed by atoms with Crippen LogP contribution in [-0.4, -0.2) is 13.6 Å². The van der Waals surface area contributed by atoms with Crippen molar-refractivity contribution in [2.24, 2.45) is 0 Å². The van der Waals surface area contributed by atoms with Crippen molar-refractivity contribution in [3.63, 3.8) is 0 Å². The first kappa shape index (κ1) is 17.7. The van der Waals surface area contributed by atoms with Gasteiger partial charge >= 0.3 is 0 Å². The van der Waals surface area contributed by atoms with Crippen LogP contribution in [0.5, 0.6) is 0 Å². The van der Waals surface area contributed by atoms with Gasteiger partial charge in [-0.2, -0.15) is 0 Å². The van der Waals surface area contributed by atoms with E-state index in [2.05, 4.69) is 9.88 Å². The highest BCUT2D eigenvalue weighted by atomic mass is 32.2. The molecule has 0 aliphatic carbocycles. The lowest BCUT2D eigenvalue weighted by Gasteiger charge is -2.12. The van der Waals surface area contributed by atoms with Gasteiger partial charge in [0.05, 0.1) is 16.3 Å². The van der Waals surface area contributed by atoms with Crippen LogP contribution in [-0.2, 0) is 10.0 Å². The van der Waals surface area contributed by atoms with Gasteiger partial charge in [0.15, 0.2) is 5.76 Å².